The molecule has 3 nitrogen and oxygen atoms in total. The molecule has 0 aromatic carbocycles. The van der Waals surface area contributed by atoms with Gasteiger partial charge in [-0.2, -0.15) is 0 Å². The van der Waals surface area contributed by atoms with Crippen LogP contribution < -0.4 is 5.32 Å². The Morgan fingerprint density at radius 2 is 1.47 bits per heavy atom. The Kier molecular flexibility index (Phi) is 12.3. The molecular weight excluding hydrogens is 214 g/mol. The largest absolute Gasteiger partial charge is 0.379 e. The third-order valence-corrected chi connectivity index (χ3v) is 2.42. The summed E-state index contributed by atoms with van der Waals surface area (Å²) in [6.07, 6.45) is 2.41. The zero-order valence-corrected chi connectivity index (χ0v) is 12.1. The second-order valence-corrected chi connectivity index (χ2v) is 5.36. The first-order valence-corrected chi connectivity index (χ1v) is 6.99. The molecule has 0 saturated carbocycles. The molecule has 17 heavy (non-hydrogen) atoms. The predicted octanol–water partition coefficient (Wildman–Crippen LogP) is 2.70. The normalized spacial score (nSPS) is 11.6. The van der Waals surface area contributed by atoms with Gasteiger partial charge in [0.2, 0.25) is 0 Å². The highest BCUT2D eigenvalue weighted by Gasteiger charge is 1.95. The molecule has 0 rings (SSSR count). The monoisotopic (exact) mass is 245 g/mol. The van der Waals surface area contributed by atoms with Gasteiger partial charge in [0.1, 0.15) is 0 Å². The fourth-order valence-corrected chi connectivity index (χ4v) is 1.45. The van der Waals surface area contributed by atoms with E-state index in [1.54, 1.807) is 0 Å². The molecule has 0 spiro atoms. The van der Waals surface area contributed by atoms with Crippen molar-refractivity contribution in [2.45, 2.75) is 40.5 Å². The summed E-state index contributed by atoms with van der Waals surface area (Å²) < 4.78 is 10.9. The lowest BCUT2D eigenvalue weighted by atomic mass is 10.1. The maximum Gasteiger partial charge on any atom is 0.0701 e. The first-order valence-electron chi connectivity index (χ1n) is 6.99. The molecule has 104 valence electrons. The Balaban J connectivity index is 2.94. The molecule has 0 aromatic heterocycles. The fraction of sp³-hybridized carbons (Fsp3) is 1.00. The average molecular weight is 245 g/mol. The van der Waals surface area contributed by atoms with Crippen LogP contribution in [-0.4, -0.2) is 39.5 Å². The summed E-state index contributed by atoms with van der Waals surface area (Å²) in [6, 6.07) is 0. The first-order chi connectivity index (χ1) is 8.13. The van der Waals surface area contributed by atoms with Gasteiger partial charge in [0, 0.05) is 13.2 Å². The van der Waals surface area contributed by atoms with Gasteiger partial charge >= 0.3 is 0 Å². The molecule has 0 atom stereocenters. The molecule has 0 fully saturated rings. The Morgan fingerprint density at radius 3 is 2.06 bits per heavy atom. The van der Waals surface area contributed by atoms with Crippen molar-refractivity contribution in [2.24, 2.45) is 11.8 Å². The number of hydrogen-bond acceptors (Lipinski definition) is 3. The van der Waals surface area contributed by atoms with Gasteiger partial charge in [0.25, 0.3) is 0 Å². The number of hydrogen-bond donors (Lipinski definition) is 1. The van der Waals surface area contributed by atoms with Gasteiger partial charge in [-0.1, -0.05) is 27.7 Å². The van der Waals surface area contributed by atoms with E-state index in [4.69, 9.17) is 9.47 Å². The molecular formula is C14H31NO2. The topological polar surface area (TPSA) is 30.5 Å². The van der Waals surface area contributed by atoms with Crippen LogP contribution in [0.15, 0.2) is 0 Å². The van der Waals surface area contributed by atoms with Crippen molar-refractivity contribution in [2.75, 3.05) is 39.5 Å². The summed E-state index contributed by atoms with van der Waals surface area (Å²) >= 11 is 0. The lowest BCUT2D eigenvalue weighted by Gasteiger charge is -2.09. The highest BCUT2D eigenvalue weighted by molar-refractivity contribution is 4.50. The van der Waals surface area contributed by atoms with Crippen molar-refractivity contribution in [3.05, 3.63) is 0 Å². The van der Waals surface area contributed by atoms with Crippen molar-refractivity contribution in [1.29, 1.82) is 0 Å². The van der Waals surface area contributed by atoms with E-state index in [0.29, 0.717) is 12.5 Å². The molecule has 0 aromatic rings. The van der Waals surface area contributed by atoms with Gasteiger partial charge in [-0.3, -0.25) is 0 Å². The Morgan fingerprint density at radius 1 is 0.824 bits per heavy atom. The summed E-state index contributed by atoms with van der Waals surface area (Å²) in [5, 5.41) is 3.34. The zero-order valence-electron chi connectivity index (χ0n) is 12.1. The van der Waals surface area contributed by atoms with Crippen LogP contribution in [0.3, 0.4) is 0 Å². The second-order valence-electron chi connectivity index (χ2n) is 5.36. The molecule has 0 radical (unpaired) electrons. The standard InChI is InChI=1S/C14H31NO2/c1-13(2)6-5-8-16-10-11-17-9-7-15-12-14(3)4/h13-15H,5-12H2,1-4H3. The highest BCUT2D eigenvalue weighted by atomic mass is 16.5. The van der Waals surface area contributed by atoms with Crippen LogP contribution in [0, 0.1) is 11.8 Å². The smallest absolute Gasteiger partial charge is 0.0701 e. The molecule has 1 N–H and O–H groups in total. The molecule has 0 aliphatic rings. The molecule has 0 unspecified atom stereocenters. The second kappa shape index (κ2) is 12.3. The Bertz CT molecular complexity index is 133. The van der Waals surface area contributed by atoms with Crippen LogP contribution >= 0.6 is 0 Å². The van der Waals surface area contributed by atoms with E-state index in [9.17, 15) is 0 Å². The van der Waals surface area contributed by atoms with Crippen molar-refractivity contribution in [1.82, 2.24) is 5.32 Å². The predicted molar refractivity (Wildman–Crippen MR) is 73.4 cm³/mol. The van der Waals surface area contributed by atoms with Crippen LogP contribution in [0.5, 0.6) is 0 Å². The third kappa shape index (κ3) is 15.9. The molecule has 0 heterocycles. The van der Waals surface area contributed by atoms with Crippen LogP contribution in [0.25, 0.3) is 0 Å². The van der Waals surface area contributed by atoms with E-state index < -0.39 is 0 Å². The molecule has 3 heteroatoms. The summed E-state index contributed by atoms with van der Waals surface area (Å²) in [5.74, 6) is 1.49. The van der Waals surface area contributed by atoms with E-state index in [2.05, 4.69) is 33.0 Å². The van der Waals surface area contributed by atoms with Gasteiger partial charge in [-0.15, -0.1) is 0 Å². The van der Waals surface area contributed by atoms with Crippen LogP contribution in [0.4, 0.5) is 0 Å². The van der Waals surface area contributed by atoms with E-state index >= 15 is 0 Å². The van der Waals surface area contributed by atoms with Crippen molar-refractivity contribution in [3.63, 3.8) is 0 Å². The number of ether oxygens (including phenoxy) is 2. The summed E-state index contributed by atoms with van der Waals surface area (Å²) in [6.45, 7) is 14.0. The maximum absolute atomic E-state index is 5.48. The Hall–Kier alpha value is -0.120. The maximum atomic E-state index is 5.48. The van der Waals surface area contributed by atoms with Gasteiger partial charge in [-0.05, 0) is 31.2 Å². The first kappa shape index (κ1) is 16.9. The number of nitrogens with one attached hydrogen (secondary N) is 1. The average Bonchev–Trinajstić information content (AvgIpc) is 2.25. The third-order valence-electron chi connectivity index (χ3n) is 2.42. The van der Waals surface area contributed by atoms with Crippen LogP contribution in [0.2, 0.25) is 0 Å². The van der Waals surface area contributed by atoms with Crippen molar-refractivity contribution < 1.29 is 9.47 Å². The minimum absolute atomic E-state index is 0.708. The van der Waals surface area contributed by atoms with E-state index in [1.165, 1.54) is 6.42 Å². The van der Waals surface area contributed by atoms with Gasteiger partial charge in [0.05, 0.1) is 19.8 Å². The van der Waals surface area contributed by atoms with Gasteiger partial charge < -0.3 is 14.8 Å². The molecule has 0 amide bonds. The minimum atomic E-state index is 0.708. The summed E-state index contributed by atoms with van der Waals surface area (Å²) in [5.41, 5.74) is 0. The van der Waals surface area contributed by atoms with Crippen LogP contribution in [-0.2, 0) is 9.47 Å². The number of rotatable bonds is 12. The SMILES string of the molecule is CC(C)CCCOCCOCCNCC(C)C. The Labute approximate surface area is 107 Å². The highest BCUT2D eigenvalue weighted by Crippen LogP contribution is 2.02. The fourth-order valence-electron chi connectivity index (χ4n) is 1.45. The lowest BCUT2D eigenvalue weighted by Crippen LogP contribution is -2.24. The van der Waals surface area contributed by atoms with E-state index in [1.807, 2.05) is 0 Å². The summed E-state index contributed by atoms with van der Waals surface area (Å²) in [7, 11) is 0. The molecule has 0 saturated heterocycles. The van der Waals surface area contributed by atoms with Crippen molar-refractivity contribution in [3.8, 4) is 0 Å². The lowest BCUT2D eigenvalue weighted by molar-refractivity contribution is 0.0466. The van der Waals surface area contributed by atoms with E-state index in [-0.39, 0.29) is 0 Å². The zero-order chi connectivity index (χ0) is 12.9. The molecule has 0 bridgehead atoms. The quantitative estimate of drug-likeness (QED) is 0.536. The van der Waals surface area contributed by atoms with Crippen LogP contribution in [0.1, 0.15) is 40.5 Å². The van der Waals surface area contributed by atoms with Crippen molar-refractivity contribution >= 4 is 0 Å². The van der Waals surface area contributed by atoms with Gasteiger partial charge in [-0.25, -0.2) is 0 Å². The van der Waals surface area contributed by atoms with E-state index in [0.717, 1.165) is 45.2 Å². The molecule has 0 aliphatic carbocycles. The van der Waals surface area contributed by atoms with Gasteiger partial charge in [0.15, 0.2) is 0 Å². The summed E-state index contributed by atoms with van der Waals surface area (Å²) in [4.78, 5) is 0. The minimum Gasteiger partial charge on any atom is -0.379 e. The molecule has 0 aliphatic heterocycles.